The van der Waals surface area contributed by atoms with Gasteiger partial charge in [0.1, 0.15) is 0 Å². The molecule has 1 aliphatic carbocycles. The van der Waals surface area contributed by atoms with Gasteiger partial charge in [0.05, 0.1) is 6.04 Å². The first-order valence-corrected chi connectivity index (χ1v) is 8.98. The van der Waals surface area contributed by atoms with Crippen molar-refractivity contribution >= 4 is 15.8 Å². The quantitative estimate of drug-likeness (QED) is 0.899. The molecule has 0 amide bonds. The third-order valence-corrected chi connectivity index (χ3v) is 6.94. The van der Waals surface area contributed by atoms with Crippen LogP contribution in [-0.4, -0.2) is 39.0 Å². The maximum atomic E-state index is 14.3. The monoisotopic (exact) mass is 351 g/mol. The van der Waals surface area contributed by atoms with Crippen LogP contribution in [0.4, 0.5) is 4.39 Å². The normalized spacial score (nSPS) is 24.5. The second-order valence-corrected chi connectivity index (χ2v) is 8.28. The van der Waals surface area contributed by atoms with E-state index in [1.165, 1.54) is 4.68 Å². The van der Waals surface area contributed by atoms with Crippen molar-refractivity contribution in [3.05, 3.63) is 41.7 Å². The summed E-state index contributed by atoms with van der Waals surface area (Å²) in [6.45, 7) is 0. The molecule has 0 saturated heterocycles. The number of carboxylic acid groups (broad SMARTS) is 1. The number of nitrogens with zero attached hydrogens (tertiary/aromatic N) is 3. The number of carboxylic acids is 1. The molecule has 1 N–H and O–H groups in total. The van der Waals surface area contributed by atoms with Gasteiger partial charge in [-0.25, -0.2) is 17.5 Å². The summed E-state index contributed by atoms with van der Waals surface area (Å²) in [5.74, 6) is -1.47. The first kappa shape index (κ1) is 15.3. The highest BCUT2D eigenvalue weighted by atomic mass is 32.2. The smallest absolute Gasteiger partial charge is 0.325 e. The van der Waals surface area contributed by atoms with Gasteiger partial charge in [-0.05, 0) is 18.4 Å². The topological polar surface area (TPSA) is 102 Å². The molecule has 2 aliphatic rings. The van der Waals surface area contributed by atoms with E-state index in [4.69, 9.17) is 0 Å². The Kier molecular flexibility index (Phi) is 3.08. The number of aromatic nitrogens is 3. The average molecular weight is 351 g/mol. The third kappa shape index (κ3) is 1.94. The number of rotatable bonds is 4. The van der Waals surface area contributed by atoms with Crippen LogP contribution in [-0.2, 0) is 14.6 Å². The molecule has 1 saturated carbocycles. The number of alkyl halides is 1. The number of hydrogen-bond donors (Lipinski definition) is 1. The summed E-state index contributed by atoms with van der Waals surface area (Å²) < 4.78 is 38.8. The highest BCUT2D eigenvalue weighted by Gasteiger charge is 2.63. The molecule has 9 heteroatoms. The van der Waals surface area contributed by atoms with Crippen LogP contribution in [0.2, 0.25) is 0 Å². The van der Waals surface area contributed by atoms with Crippen molar-refractivity contribution in [1.82, 2.24) is 14.8 Å². The summed E-state index contributed by atoms with van der Waals surface area (Å²) in [6.07, 6.45) is -1.26. The Morgan fingerprint density at radius 1 is 1.29 bits per heavy atom. The van der Waals surface area contributed by atoms with E-state index in [2.05, 4.69) is 10.1 Å². The van der Waals surface area contributed by atoms with E-state index in [1.54, 1.807) is 12.1 Å². The van der Waals surface area contributed by atoms with E-state index in [0.29, 0.717) is 0 Å². The van der Waals surface area contributed by atoms with E-state index >= 15 is 0 Å². The molecule has 2 atom stereocenters. The zero-order chi connectivity index (χ0) is 17.1. The maximum absolute atomic E-state index is 14.3. The third-order valence-electron chi connectivity index (χ3n) is 4.68. The minimum absolute atomic E-state index is 0.0235. The summed E-state index contributed by atoms with van der Waals surface area (Å²) in [7, 11) is -4.24. The minimum atomic E-state index is -4.24. The predicted molar refractivity (Wildman–Crippen MR) is 79.9 cm³/mol. The molecule has 126 valence electrons. The van der Waals surface area contributed by atoms with Crippen molar-refractivity contribution in [1.29, 1.82) is 0 Å². The van der Waals surface area contributed by atoms with Crippen LogP contribution in [0.3, 0.4) is 0 Å². The van der Waals surface area contributed by atoms with Crippen LogP contribution in [0, 0.1) is 0 Å². The SMILES string of the molecule is O=C(O)C1(S(=O)(=O)c2nc3n(n2)[C@H](c2ccccc2)CC3F)CC1. The molecule has 2 heterocycles. The number of benzene rings is 1. The zero-order valence-electron chi connectivity index (χ0n) is 12.5. The minimum Gasteiger partial charge on any atom is -0.480 e. The first-order valence-electron chi connectivity index (χ1n) is 7.50. The van der Waals surface area contributed by atoms with Gasteiger partial charge in [-0.15, -0.1) is 5.10 Å². The maximum Gasteiger partial charge on any atom is 0.325 e. The van der Waals surface area contributed by atoms with Gasteiger partial charge in [0.15, 0.2) is 16.7 Å². The highest BCUT2D eigenvalue weighted by molar-refractivity contribution is 7.93. The summed E-state index contributed by atoms with van der Waals surface area (Å²) in [5.41, 5.74) is 0.798. The Labute approximate surface area is 137 Å². The number of hydrogen-bond acceptors (Lipinski definition) is 5. The number of fused-ring (bicyclic) bond motifs is 1. The molecule has 4 rings (SSSR count). The summed E-state index contributed by atoms with van der Waals surface area (Å²) in [4.78, 5) is 15.1. The van der Waals surface area contributed by atoms with Gasteiger partial charge >= 0.3 is 5.97 Å². The molecule has 0 radical (unpaired) electrons. The highest BCUT2D eigenvalue weighted by Crippen LogP contribution is 2.47. The van der Waals surface area contributed by atoms with Crippen molar-refractivity contribution in [3.63, 3.8) is 0 Å². The second kappa shape index (κ2) is 4.85. The molecule has 24 heavy (non-hydrogen) atoms. The molecule has 1 aromatic heterocycles. The standard InChI is InChI=1S/C15H14FN3O4S/c16-10-8-11(9-4-2-1-3-5-9)19-12(10)17-14(18-19)24(22,23)15(6-7-15)13(20)21/h1-5,10-11H,6-8H2,(H,20,21)/t10?,11-/m0/s1. The average Bonchev–Trinajstić information content (AvgIpc) is 3.18. The van der Waals surface area contributed by atoms with Gasteiger partial charge in [-0.3, -0.25) is 4.79 Å². The second-order valence-electron chi connectivity index (χ2n) is 6.13. The fourth-order valence-electron chi connectivity index (χ4n) is 3.11. The van der Waals surface area contributed by atoms with Crippen LogP contribution in [0.1, 0.15) is 42.9 Å². The Balaban J connectivity index is 1.78. The predicted octanol–water partition coefficient (Wildman–Crippen LogP) is 1.67. The number of carbonyl (C=O) groups is 1. The Bertz CT molecular complexity index is 921. The van der Waals surface area contributed by atoms with Gasteiger partial charge in [-0.1, -0.05) is 30.3 Å². The van der Waals surface area contributed by atoms with Crippen molar-refractivity contribution in [3.8, 4) is 0 Å². The molecule has 1 aliphatic heterocycles. The molecule has 1 aromatic carbocycles. The lowest BCUT2D eigenvalue weighted by atomic mass is 10.0. The van der Waals surface area contributed by atoms with Gasteiger partial charge in [0.2, 0.25) is 9.84 Å². The molecule has 1 unspecified atom stereocenters. The zero-order valence-corrected chi connectivity index (χ0v) is 13.3. The fraction of sp³-hybridized carbons (Fsp3) is 0.400. The number of aliphatic carboxylic acids is 1. The van der Waals surface area contributed by atoms with Crippen molar-refractivity contribution < 1.29 is 22.7 Å². The lowest BCUT2D eigenvalue weighted by Gasteiger charge is -2.12. The van der Waals surface area contributed by atoms with Crippen molar-refractivity contribution in [2.75, 3.05) is 0 Å². The molecule has 1 fully saturated rings. The lowest BCUT2D eigenvalue weighted by Crippen LogP contribution is -2.33. The summed E-state index contributed by atoms with van der Waals surface area (Å²) in [5, 5.41) is 12.6. The van der Waals surface area contributed by atoms with E-state index in [0.717, 1.165) is 5.56 Å². The van der Waals surface area contributed by atoms with Crippen LogP contribution in [0.25, 0.3) is 0 Å². The van der Waals surface area contributed by atoms with Crippen LogP contribution < -0.4 is 0 Å². The largest absolute Gasteiger partial charge is 0.480 e. The van der Waals surface area contributed by atoms with Gasteiger partial charge in [-0.2, -0.15) is 4.98 Å². The fourth-order valence-corrected chi connectivity index (χ4v) is 4.74. The summed E-state index contributed by atoms with van der Waals surface area (Å²) in [6, 6.07) is 8.60. The molecular formula is C15H14FN3O4S. The Morgan fingerprint density at radius 3 is 2.54 bits per heavy atom. The van der Waals surface area contributed by atoms with E-state index in [1.807, 2.05) is 18.2 Å². The molecule has 7 nitrogen and oxygen atoms in total. The van der Waals surface area contributed by atoms with Gasteiger partial charge < -0.3 is 5.11 Å². The molecular weight excluding hydrogens is 337 g/mol. The van der Waals surface area contributed by atoms with Crippen LogP contribution >= 0.6 is 0 Å². The van der Waals surface area contributed by atoms with E-state index in [9.17, 15) is 22.7 Å². The van der Waals surface area contributed by atoms with Crippen LogP contribution in [0.5, 0.6) is 0 Å². The van der Waals surface area contributed by atoms with Gasteiger partial charge in [0, 0.05) is 6.42 Å². The molecule has 0 bridgehead atoms. The lowest BCUT2D eigenvalue weighted by molar-refractivity contribution is -0.137. The Morgan fingerprint density at radius 2 is 1.96 bits per heavy atom. The molecule has 0 spiro atoms. The van der Waals surface area contributed by atoms with Crippen molar-refractivity contribution in [2.24, 2.45) is 0 Å². The number of sulfone groups is 1. The summed E-state index contributed by atoms with van der Waals surface area (Å²) >= 11 is 0. The first-order chi connectivity index (χ1) is 11.4. The van der Waals surface area contributed by atoms with E-state index < -0.39 is 37.9 Å². The van der Waals surface area contributed by atoms with Gasteiger partial charge in [0.25, 0.3) is 5.16 Å². The van der Waals surface area contributed by atoms with Crippen molar-refractivity contribution in [2.45, 2.75) is 41.4 Å². The Hall–Kier alpha value is -2.29. The van der Waals surface area contributed by atoms with Crippen LogP contribution in [0.15, 0.2) is 35.5 Å². The van der Waals surface area contributed by atoms with E-state index in [-0.39, 0.29) is 25.1 Å². The molecule has 2 aromatic rings. The number of halogens is 1.